The molecule has 0 atom stereocenters. The minimum Gasteiger partial charge on any atom is -0.382 e. The smallest absolute Gasteiger partial charge is 0.273 e. The normalized spacial score (nSPS) is 14.1. The Hall–Kier alpha value is -2.43. The van der Waals surface area contributed by atoms with Crippen LogP contribution in [-0.2, 0) is 12.8 Å². The zero-order chi connectivity index (χ0) is 13.2. The predicted molar refractivity (Wildman–Crippen MR) is 71.5 cm³/mol. The van der Waals surface area contributed by atoms with Crippen molar-refractivity contribution in [2.24, 2.45) is 0 Å². The van der Waals surface area contributed by atoms with Crippen molar-refractivity contribution in [3.8, 4) is 0 Å². The van der Waals surface area contributed by atoms with Gasteiger partial charge in [0.1, 0.15) is 0 Å². The summed E-state index contributed by atoms with van der Waals surface area (Å²) in [4.78, 5) is 19.9. The molecule has 0 aliphatic heterocycles. The molecule has 5 nitrogen and oxygen atoms in total. The number of amides is 1. The lowest BCUT2D eigenvalue weighted by Gasteiger charge is -2.12. The minimum absolute atomic E-state index is 0.103. The highest BCUT2D eigenvalue weighted by Crippen LogP contribution is 2.21. The van der Waals surface area contributed by atoms with E-state index in [1.54, 1.807) is 0 Å². The van der Waals surface area contributed by atoms with Crippen molar-refractivity contribution < 1.29 is 4.79 Å². The van der Waals surface area contributed by atoms with Crippen molar-refractivity contribution in [2.75, 3.05) is 5.73 Å². The molecule has 1 heterocycles. The Morgan fingerprint density at radius 2 is 1.79 bits per heavy atom. The summed E-state index contributed by atoms with van der Waals surface area (Å²) in [6.07, 6.45) is 4.64. The van der Waals surface area contributed by atoms with Gasteiger partial charge in [0, 0.05) is 18.4 Å². The minimum atomic E-state index is -0.261. The number of nitrogen functional groups attached to an aromatic ring is 1. The second-order valence-electron chi connectivity index (χ2n) is 4.64. The third-order valence-corrected chi connectivity index (χ3v) is 3.33. The van der Waals surface area contributed by atoms with Gasteiger partial charge >= 0.3 is 0 Å². The number of benzene rings is 1. The summed E-state index contributed by atoms with van der Waals surface area (Å²) in [7, 11) is 0. The first-order chi connectivity index (χ1) is 9.24. The third-order valence-electron chi connectivity index (χ3n) is 3.33. The van der Waals surface area contributed by atoms with Gasteiger partial charge in [0.15, 0.2) is 11.5 Å². The number of nitrogens with two attached hydrogens (primary N) is 1. The number of hydrogen-bond acceptors (Lipinski definition) is 4. The number of nitrogens with zero attached hydrogens (tertiary/aromatic N) is 2. The molecule has 3 rings (SSSR count). The van der Waals surface area contributed by atoms with Crippen LogP contribution < -0.4 is 11.1 Å². The van der Waals surface area contributed by atoms with Crippen LogP contribution in [0.5, 0.6) is 0 Å². The topological polar surface area (TPSA) is 80.9 Å². The summed E-state index contributed by atoms with van der Waals surface area (Å²) in [5, 5.41) is 2.96. The maximum atomic E-state index is 12.1. The fourth-order valence-electron chi connectivity index (χ4n) is 2.44. The third kappa shape index (κ3) is 2.27. The van der Waals surface area contributed by atoms with Gasteiger partial charge in [-0.05, 0) is 24.0 Å². The van der Waals surface area contributed by atoms with Crippen molar-refractivity contribution in [1.82, 2.24) is 15.3 Å². The molecule has 1 aliphatic rings. The van der Waals surface area contributed by atoms with E-state index in [9.17, 15) is 4.79 Å². The van der Waals surface area contributed by atoms with E-state index in [1.807, 2.05) is 12.1 Å². The highest BCUT2D eigenvalue weighted by molar-refractivity contribution is 5.96. The van der Waals surface area contributed by atoms with Crippen molar-refractivity contribution in [2.45, 2.75) is 18.9 Å². The Bertz CT molecular complexity index is 601. The standard InChI is InChI=1S/C14H14N4O/c15-13-12(16-5-6-17-13)14(19)18-11-7-9-3-1-2-4-10(9)8-11/h1-6,11H,7-8H2,(H2,15,17)(H,18,19). The molecule has 0 bridgehead atoms. The monoisotopic (exact) mass is 254 g/mol. The number of aromatic nitrogens is 2. The predicted octanol–water partition coefficient (Wildman–Crippen LogP) is 0.956. The average Bonchev–Trinajstić information content (AvgIpc) is 2.81. The van der Waals surface area contributed by atoms with Crippen molar-refractivity contribution in [1.29, 1.82) is 0 Å². The van der Waals surface area contributed by atoms with Gasteiger partial charge in [0.25, 0.3) is 5.91 Å². The molecule has 0 saturated heterocycles. The van der Waals surface area contributed by atoms with Crippen LogP contribution in [0.15, 0.2) is 36.7 Å². The van der Waals surface area contributed by atoms with Gasteiger partial charge in [-0.15, -0.1) is 0 Å². The summed E-state index contributed by atoms with van der Waals surface area (Å²) in [5.74, 6) is -0.0982. The number of nitrogens with one attached hydrogen (secondary N) is 1. The first-order valence-corrected chi connectivity index (χ1v) is 6.18. The van der Waals surface area contributed by atoms with Crippen LogP contribution in [0, 0.1) is 0 Å². The molecule has 0 fully saturated rings. The number of carbonyl (C=O) groups excluding carboxylic acids is 1. The van der Waals surface area contributed by atoms with Crippen LogP contribution in [0.3, 0.4) is 0 Å². The van der Waals surface area contributed by atoms with E-state index in [0.717, 1.165) is 12.8 Å². The molecule has 1 aromatic carbocycles. The van der Waals surface area contributed by atoms with E-state index < -0.39 is 0 Å². The summed E-state index contributed by atoms with van der Waals surface area (Å²) < 4.78 is 0. The summed E-state index contributed by atoms with van der Waals surface area (Å²) in [5.41, 5.74) is 8.42. The zero-order valence-corrected chi connectivity index (χ0v) is 10.3. The molecule has 0 spiro atoms. The molecule has 3 N–H and O–H groups in total. The quantitative estimate of drug-likeness (QED) is 0.836. The van der Waals surface area contributed by atoms with Gasteiger partial charge in [-0.1, -0.05) is 24.3 Å². The van der Waals surface area contributed by atoms with E-state index in [2.05, 4.69) is 27.4 Å². The number of fused-ring (bicyclic) bond motifs is 1. The molecule has 1 aromatic heterocycles. The first-order valence-electron chi connectivity index (χ1n) is 6.18. The van der Waals surface area contributed by atoms with Gasteiger partial charge in [0.2, 0.25) is 0 Å². The van der Waals surface area contributed by atoms with E-state index >= 15 is 0 Å². The Labute approximate surface area is 110 Å². The summed E-state index contributed by atoms with van der Waals surface area (Å²) >= 11 is 0. The maximum absolute atomic E-state index is 12.1. The maximum Gasteiger partial charge on any atom is 0.273 e. The Morgan fingerprint density at radius 3 is 2.42 bits per heavy atom. The van der Waals surface area contributed by atoms with Crippen molar-refractivity contribution in [3.63, 3.8) is 0 Å². The SMILES string of the molecule is Nc1nccnc1C(=O)NC1Cc2ccccc2C1. The fourth-order valence-corrected chi connectivity index (χ4v) is 2.44. The molecule has 0 unspecified atom stereocenters. The van der Waals surface area contributed by atoms with Crippen LogP contribution in [0.2, 0.25) is 0 Å². The Balaban J connectivity index is 1.71. The molecule has 1 aliphatic carbocycles. The van der Waals surface area contributed by atoms with Crippen LogP contribution in [-0.4, -0.2) is 21.9 Å². The molecule has 96 valence electrons. The van der Waals surface area contributed by atoms with Crippen molar-refractivity contribution in [3.05, 3.63) is 53.5 Å². The lowest BCUT2D eigenvalue weighted by Crippen LogP contribution is -2.36. The van der Waals surface area contributed by atoms with Gasteiger partial charge < -0.3 is 11.1 Å². The van der Waals surface area contributed by atoms with Crippen LogP contribution in [0.1, 0.15) is 21.6 Å². The second kappa shape index (κ2) is 4.68. The number of anilines is 1. The fraction of sp³-hybridized carbons (Fsp3) is 0.214. The first kappa shape index (κ1) is 11.6. The average molecular weight is 254 g/mol. The Morgan fingerprint density at radius 1 is 1.16 bits per heavy atom. The summed E-state index contributed by atoms with van der Waals surface area (Å²) in [6, 6.07) is 8.33. The molecule has 5 heteroatoms. The molecule has 2 aromatic rings. The number of carbonyl (C=O) groups is 1. The number of hydrogen-bond donors (Lipinski definition) is 2. The van der Waals surface area contributed by atoms with E-state index in [0.29, 0.717) is 0 Å². The lowest BCUT2D eigenvalue weighted by molar-refractivity contribution is 0.0934. The van der Waals surface area contributed by atoms with Gasteiger partial charge in [0.05, 0.1) is 0 Å². The van der Waals surface area contributed by atoms with E-state index in [4.69, 9.17) is 5.73 Å². The molecule has 0 radical (unpaired) electrons. The highest BCUT2D eigenvalue weighted by Gasteiger charge is 2.24. The number of rotatable bonds is 2. The largest absolute Gasteiger partial charge is 0.382 e. The van der Waals surface area contributed by atoms with E-state index in [-0.39, 0.29) is 23.5 Å². The highest BCUT2D eigenvalue weighted by atomic mass is 16.2. The van der Waals surface area contributed by atoms with Crippen molar-refractivity contribution >= 4 is 11.7 Å². The molecular weight excluding hydrogens is 240 g/mol. The Kier molecular flexibility index (Phi) is 2.87. The van der Waals surface area contributed by atoms with Crippen LogP contribution >= 0.6 is 0 Å². The van der Waals surface area contributed by atoms with E-state index in [1.165, 1.54) is 23.5 Å². The molecule has 0 saturated carbocycles. The molecule has 1 amide bonds. The van der Waals surface area contributed by atoms with Crippen LogP contribution in [0.4, 0.5) is 5.82 Å². The van der Waals surface area contributed by atoms with Gasteiger partial charge in [-0.3, -0.25) is 4.79 Å². The van der Waals surface area contributed by atoms with Crippen LogP contribution in [0.25, 0.3) is 0 Å². The van der Waals surface area contributed by atoms with Gasteiger partial charge in [-0.25, -0.2) is 9.97 Å². The van der Waals surface area contributed by atoms with Gasteiger partial charge in [-0.2, -0.15) is 0 Å². The molecule has 19 heavy (non-hydrogen) atoms. The molecular formula is C14H14N4O. The summed E-state index contributed by atoms with van der Waals surface area (Å²) in [6.45, 7) is 0. The second-order valence-corrected chi connectivity index (χ2v) is 4.64. The zero-order valence-electron chi connectivity index (χ0n) is 10.3. The lowest BCUT2D eigenvalue weighted by atomic mass is 10.1.